The van der Waals surface area contributed by atoms with Gasteiger partial charge in [0, 0.05) is 29.5 Å². The molecule has 0 fully saturated rings. The molecule has 3 aliphatic rings. The van der Waals surface area contributed by atoms with E-state index in [-0.39, 0.29) is 31.7 Å². The number of nitrogens with one attached hydrogen (secondary N) is 1. The standard InChI is InChI=1S/C26H31NO8/c1-5-8-32-9-10-33-26(30)21-15(3)27-17-11-14(2)20(25(29)31-4)24(28)23(17)22(21)16-6-7-18-19(12-16)35-13-34-18/h6-7,12,14,20,22,27H,5,8-11,13H2,1-4H3/t14-,20+,22-/m0/s1. The van der Waals surface area contributed by atoms with E-state index in [1.807, 2.05) is 13.8 Å². The van der Waals surface area contributed by atoms with E-state index in [9.17, 15) is 14.4 Å². The molecule has 0 saturated carbocycles. The zero-order valence-corrected chi connectivity index (χ0v) is 20.5. The summed E-state index contributed by atoms with van der Waals surface area (Å²) < 4.78 is 26.9. The summed E-state index contributed by atoms with van der Waals surface area (Å²) in [6.45, 7) is 6.68. The smallest absolute Gasteiger partial charge is 0.336 e. The second-order valence-electron chi connectivity index (χ2n) is 8.90. The maximum atomic E-state index is 13.7. The number of methoxy groups -OCH3 is 1. The summed E-state index contributed by atoms with van der Waals surface area (Å²) in [7, 11) is 1.27. The van der Waals surface area contributed by atoms with E-state index in [1.165, 1.54) is 7.11 Å². The molecule has 9 heteroatoms. The summed E-state index contributed by atoms with van der Waals surface area (Å²) in [5.74, 6) is -2.31. The van der Waals surface area contributed by atoms with Crippen LogP contribution in [0.5, 0.6) is 11.5 Å². The topological polar surface area (TPSA) is 109 Å². The van der Waals surface area contributed by atoms with Crippen molar-refractivity contribution >= 4 is 17.7 Å². The Morgan fingerprint density at radius 3 is 2.66 bits per heavy atom. The van der Waals surface area contributed by atoms with Crippen LogP contribution in [0.25, 0.3) is 0 Å². The second-order valence-corrected chi connectivity index (χ2v) is 8.90. The zero-order chi connectivity index (χ0) is 25.1. The van der Waals surface area contributed by atoms with Crippen LogP contribution in [-0.4, -0.2) is 51.4 Å². The summed E-state index contributed by atoms with van der Waals surface area (Å²) in [6, 6.07) is 5.33. The Morgan fingerprint density at radius 1 is 1.14 bits per heavy atom. The molecule has 1 aromatic carbocycles. The Labute approximate surface area is 204 Å². The SMILES string of the molecule is CCCOCCOC(=O)C1=C(C)NC2=C(C(=O)[C@H](C(=O)OC)[C@@H](C)C2)[C@H]1c1ccc2c(c1)OCO2. The fraction of sp³-hybridized carbons (Fsp3) is 0.500. The minimum absolute atomic E-state index is 0.0884. The van der Waals surface area contributed by atoms with Crippen molar-refractivity contribution in [1.29, 1.82) is 0 Å². The highest BCUT2D eigenvalue weighted by molar-refractivity contribution is 6.12. The molecule has 1 aromatic rings. The van der Waals surface area contributed by atoms with Gasteiger partial charge in [0.05, 0.1) is 19.3 Å². The average molecular weight is 486 g/mol. The van der Waals surface area contributed by atoms with Crippen molar-refractivity contribution in [3.8, 4) is 11.5 Å². The molecule has 35 heavy (non-hydrogen) atoms. The number of fused-ring (bicyclic) bond motifs is 1. The van der Waals surface area contributed by atoms with Crippen LogP contribution in [0.15, 0.2) is 40.7 Å². The molecule has 0 spiro atoms. The summed E-state index contributed by atoms with van der Waals surface area (Å²) >= 11 is 0. The fourth-order valence-electron chi connectivity index (χ4n) is 4.89. The number of dihydropyridines is 1. The van der Waals surface area contributed by atoms with Crippen molar-refractivity contribution in [2.45, 2.75) is 39.5 Å². The number of allylic oxidation sites excluding steroid dienone is 3. The van der Waals surface area contributed by atoms with Crippen molar-refractivity contribution in [1.82, 2.24) is 5.32 Å². The average Bonchev–Trinajstić information content (AvgIpc) is 3.30. The van der Waals surface area contributed by atoms with E-state index in [0.29, 0.717) is 52.6 Å². The first-order chi connectivity index (χ1) is 16.9. The van der Waals surface area contributed by atoms with Crippen molar-refractivity contribution in [2.24, 2.45) is 11.8 Å². The molecule has 9 nitrogen and oxygen atoms in total. The number of hydrogen-bond acceptors (Lipinski definition) is 9. The number of hydrogen-bond donors (Lipinski definition) is 1. The Balaban J connectivity index is 1.74. The van der Waals surface area contributed by atoms with E-state index >= 15 is 0 Å². The van der Waals surface area contributed by atoms with Gasteiger partial charge in [-0.15, -0.1) is 0 Å². The Bertz CT molecular complexity index is 1090. The van der Waals surface area contributed by atoms with Crippen LogP contribution < -0.4 is 14.8 Å². The molecule has 0 saturated heterocycles. The number of Topliss-reactive ketones (excluding diaryl/α,β-unsaturated/α-hetero) is 1. The third kappa shape index (κ3) is 4.77. The highest BCUT2D eigenvalue weighted by atomic mass is 16.7. The molecular formula is C26H31NO8. The third-order valence-electron chi connectivity index (χ3n) is 6.50. The molecule has 0 unspecified atom stereocenters. The van der Waals surface area contributed by atoms with Crippen molar-refractivity contribution in [2.75, 3.05) is 33.7 Å². The van der Waals surface area contributed by atoms with Gasteiger partial charge in [-0.1, -0.05) is 19.9 Å². The summed E-state index contributed by atoms with van der Waals surface area (Å²) in [6.07, 6.45) is 1.33. The minimum Gasteiger partial charge on any atom is -0.468 e. The Hall–Kier alpha value is -3.33. The van der Waals surface area contributed by atoms with Crippen LogP contribution in [0.2, 0.25) is 0 Å². The maximum Gasteiger partial charge on any atom is 0.336 e. The molecule has 1 N–H and O–H groups in total. The van der Waals surface area contributed by atoms with Crippen LogP contribution in [0.1, 0.15) is 45.1 Å². The molecule has 0 radical (unpaired) electrons. The van der Waals surface area contributed by atoms with E-state index in [4.69, 9.17) is 23.7 Å². The number of benzene rings is 1. The first-order valence-electron chi connectivity index (χ1n) is 11.8. The molecule has 0 amide bonds. The predicted molar refractivity (Wildman–Crippen MR) is 125 cm³/mol. The van der Waals surface area contributed by atoms with E-state index in [1.54, 1.807) is 25.1 Å². The van der Waals surface area contributed by atoms with Crippen LogP contribution in [-0.2, 0) is 28.6 Å². The molecule has 188 valence electrons. The van der Waals surface area contributed by atoms with Crippen molar-refractivity contribution < 1.29 is 38.1 Å². The first-order valence-corrected chi connectivity index (χ1v) is 11.8. The number of carbonyl (C=O) groups excluding carboxylic acids is 3. The van der Waals surface area contributed by atoms with Crippen molar-refractivity contribution in [3.05, 3.63) is 46.3 Å². The highest BCUT2D eigenvalue weighted by Gasteiger charge is 2.47. The molecule has 0 bridgehead atoms. The van der Waals surface area contributed by atoms with Gasteiger partial charge in [0.1, 0.15) is 12.5 Å². The number of carbonyl (C=O) groups is 3. The lowest BCUT2D eigenvalue weighted by atomic mass is 9.69. The molecule has 2 aliphatic heterocycles. The lowest BCUT2D eigenvalue weighted by molar-refractivity contribution is -0.151. The Morgan fingerprint density at radius 2 is 1.91 bits per heavy atom. The van der Waals surface area contributed by atoms with Gasteiger partial charge in [-0.05, 0) is 43.4 Å². The molecule has 2 heterocycles. The number of esters is 2. The van der Waals surface area contributed by atoms with Gasteiger partial charge >= 0.3 is 11.9 Å². The number of ketones is 1. The summed E-state index contributed by atoms with van der Waals surface area (Å²) in [5, 5.41) is 3.25. The zero-order valence-electron chi connectivity index (χ0n) is 20.5. The normalized spacial score (nSPS) is 23.1. The second kappa shape index (κ2) is 10.5. The summed E-state index contributed by atoms with van der Waals surface area (Å²) in [5.41, 5.74) is 2.65. The quantitative estimate of drug-likeness (QED) is 0.338. The van der Waals surface area contributed by atoms with Crippen LogP contribution >= 0.6 is 0 Å². The van der Waals surface area contributed by atoms with Gasteiger partial charge in [-0.2, -0.15) is 0 Å². The van der Waals surface area contributed by atoms with E-state index in [2.05, 4.69) is 5.32 Å². The van der Waals surface area contributed by atoms with Crippen LogP contribution in [0, 0.1) is 11.8 Å². The summed E-state index contributed by atoms with van der Waals surface area (Å²) in [4.78, 5) is 39.6. The van der Waals surface area contributed by atoms with Crippen molar-refractivity contribution in [3.63, 3.8) is 0 Å². The molecule has 1 aliphatic carbocycles. The Kier molecular flexibility index (Phi) is 7.45. The molecular weight excluding hydrogens is 454 g/mol. The van der Waals surface area contributed by atoms with Crippen LogP contribution in [0.4, 0.5) is 0 Å². The van der Waals surface area contributed by atoms with Gasteiger partial charge < -0.3 is 29.0 Å². The molecule has 3 atom stereocenters. The monoisotopic (exact) mass is 485 g/mol. The lowest BCUT2D eigenvalue weighted by Gasteiger charge is -2.38. The van der Waals surface area contributed by atoms with Crippen LogP contribution in [0.3, 0.4) is 0 Å². The van der Waals surface area contributed by atoms with Gasteiger partial charge in [-0.25, -0.2) is 4.79 Å². The number of ether oxygens (including phenoxy) is 5. The molecule has 4 rings (SSSR count). The lowest BCUT2D eigenvalue weighted by Crippen LogP contribution is -2.43. The third-order valence-corrected chi connectivity index (χ3v) is 6.50. The predicted octanol–water partition coefficient (Wildman–Crippen LogP) is 3.00. The van der Waals surface area contributed by atoms with Gasteiger partial charge in [0.25, 0.3) is 0 Å². The first kappa shape index (κ1) is 24.8. The van der Waals surface area contributed by atoms with E-state index < -0.39 is 23.8 Å². The van der Waals surface area contributed by atoms with Gasteiger partial charge in [0.15, 0.2) is 17.3 Å². The number of rotatable bonds is 8. The molecule has 0 aromatic heterocycles. The van der Waals surface area contributed by atoms with Gasteiger partial charge in [0.2, 0.25) is 6.79 Å². The minimum atomic E-state index is -0.949. The maximum absolute atomic E-state index is 13.7. The van der Waals surface area contributed by atoms with Gasteiger partial charge in [-0.3, -0.25) is 9.59 Å². The highest BCUT2D eigenvalue weighted by Crippen LogP contribution is 2.47. The fourth-order valence-corrected chi connectivity index (χ4v) is 4.89. The van der Waals surface area contributed by atoms with E-state index in [0.717, 1.165) is 6.42 Å². The largest absolute Gasteiger partial charge is 0.468 e.